The first-order valence-electron chi connectivity index (χ1n) is 7.78. The molecule has 0 atom stereocenters. The van der Waals surface area contributed by atoms with Gasteiger partial charge in [0.25, 0.3) is 0 Å². The summed E-state index contributed by atoms with van der Waals surface area (Å²) < 4.78 is 0. The van der Waals surface area contributed by atoms with Crippen LogP contribution in [0.15, 0.2) is 53.5 Å². The number of nitriles is 1. The predicted octanol–water partition coefficient (Wildman–Crippen LogP) is 3.12. The topological polar surface area (TPSA) is 60.2 Å². The van der Waals surface area contributed by atoms with Crippen LogP contribution in [0.25, 0.3) is 0 Å². The summed E-state index contributed by atoms with van der Waals surface area (Å²) in [7, 11) is 0. The molecule has 0 spiro atoms. The maximum absolute atomic E-state index is 8.95. The molecule has 2 N–H and O–H groups in total. The molecule has 0 fully saturated rings. The number of hydrogen-bond acceptors (Lipinski definition) is 2. The van der Waals surface area contributed by atoms with Gasteiger partial charge in [0.2, 0.25) is 0 Å². The fourth-order valence-corrected chi connectivity index (χ4v) is 2.26. The molecule has 4 heteroatoms. The van der Waals surface area contributed by atoms with Gasteiger partial charge < -0.3 is 10.6 Å². The highest BCUT2D eigenvalue weighted by molar-refractivity contribution is 5.79. The number of rotatable bonds is 5. The van der Waals surface area contributed by atoms with Crippen LogP contribution in [-0.2, 0) is 13.1 Å². The first-order chi connectivity index (χ1) is 11.2. The molecule has 118 valence electrons. The monoisotopic (exact) mass is 306 g/mol. The Morgan fingerprint density at radius 1 is 1.09 bits per heavy atom. The van der Waals surface area contributed by atoms with Gasteiger partial charge in [-0.1, -0.05) is 42.0 Å². The number of nitrogens with one attached hydrogen (secondary N) is 2. The molecule has 0 aliphatic carbocycles. The van der Waals surface area contributed by atoms with Gasteiger partial charge in [0.1, 0.15) is 0 Å². The van der Waals surface area contributed by atoms with E-state index in [-0.39, 0.29) is 0 Å². The second-order valence-electron chi connectivity index (χ2n) is 5.35. The Bertz CT molecular complexity index is 713. The molecule has 0 saturated carbocycles. The minimum Gasteiger partial charge on any atom is -0.357 e. The molecular formula is C19H22N4. The van der Waals surface area contributed by atoms with Crippen LogP contribution >= 0.6 is 0 Å². The molecule has 2 rings (SSSR count). The van der Waals surface area contributed by atoms with E-state index in [4.69, 9.17) is 5.26 Å². The summed E-state index contributed by atoms with van der Waals surface area (Å²) >= 11 is 0. The average molecular weight is 306 g/mol. The lowest BCUT2D eigenvalue weighted by molar-refractivity contribution is 0.816. The van der Waals surface area contributed by atoms with Gasteiger partial charge in [-0.15, -0.1) is 0 Å². The van der Waals surface area contributed by atoms with Crippen LogP contribution in [0, 0.1) is 18.3 Å². The molecule has 0 aliphatic rings. The fourth-order valence-electron chi connectivity index (χ4n) is 2.26. The zero-order chi connectivity index (χ0) is 16.5. The Morgan fingerprint density at radius 3 is 2.61 bits per heavy atom. The second kappa shape index (κ2) is 8.60. The van der Waals surface area contributed by atoms with Crippen molar-refractivity contribution in [2.45, 2.75) is 26.9 Å². The number of aliphatic imine (C=N–C) groups is 1. The van der Waals surface area contributed by atoms with Gasteiger partial charge in [-0.05, 0) is 37.1 Å². The molecule has 0 aromatic heterocycles. The summed E-state index contributed by atoms with van der Waals surface area (Å²) in [5, 5.41) is 15.5. The van der Waals surface area contributed by atoms with Crippen molar-refractivity contribution in [3.63, 3.8) is 0 Å². The SMILES string of the molecule is CCNC(=NCc1cccc(C)c1)NCc1cccc(C#N)c1. The van der Waals surface area contributed by atoms with Gasteiger partial charge in [-0.2, -0.15) is 5.26 Å². The Hall–Kier alpha value is -2.80. The van der Waals surface area contributed by atoms with Gasteiger partial charge in [0, 0.05) is 13.1 Å². The molecule has 0 bridgehead atoms. The van der Waals surface area contributed by atoms with E-state index in [1.54, 1.807) is 6.07 Å². The van der Waals surface area contributed by atoms with Crippen molar-refractivity contribution in [2.75, 3.05) is 6.54 Å². The number of guanidine groups is 1. The number of hydrogen-bond donors (Lipinski definition) is 2. The molecule has 0 radical (unpaired) electrons. The quantitative estimate of drug-likeness (QED) is 0.659. The van der Waals surface area contributed by atoms with E-state index in [0.29, 0.717) is 18.7 Å². The zero-order valence-corrected chi connectivity index (χ0v) is 13.6. The lowest BCUT2D eigenvalue weighted by Crippen LogP contribution is -2.36. The van der Waals surface area contributed by atoms with Crippen LogP contribution in [0.4, 0.5) is 0 Å². The predicted molar refractivity (Wildman–Crippen MR) is 94.0 cm³/mol. The van der Waals surface area contributed by atoms with E-state index >= 15 is 0 Å². The molecule has 2 aromatic rings. The van der Waals surface area contributed by atoms with Crippen molar-refractivity contribution < 1.29 is 0 Å². The largest absolute Gasteiger partial charge is 0.357 e. The number of benzene rings is 2. The van der Waals surface area contributed by atoms with Crippen LogP contribution in [0.5, 0.6) is 0 Å². The third-order valence-electron chi connectivity index (χ3n) is 3.36. The Morgan fingerprint density at radius 2 is 1.87 bits per heavy atom. The van der Waals surface area contributed by atoms with E-state index in [0.717, 1.165) is 18.1 Å². The minimum atomic E-state index is 0.634. The van der Waals surface area contributed by atoms with Gasteiger partial charge in [0.05, 0.1) is 18.2 Å². The molecular weight excluding hydrogens is 284 g/mol. The molecule has 2 aromatic carbocycles. The van der Waals surface area contributed by atoms with Crippen LogP contribution in [0.2, 0.25) is 0 Å². The third kappa shape index (κ3) is 5.48. The van der Waals surface area contributed by atoms with Crippen LogP contribution in [0.3, 0.4) is 0 Å². The highest BCUT2D eigenvalue weighted by atomic mass is 15.2. The smallest absolute Gasteiger partial charge is 0.191 e. The zero-order valence-electron chi connectivity index (χ0n) is 13.6. The minimum absolute atomic E-state index is 0.634. The molecule has 0 aliphatic heterocycles. The normalized spacial score (nSPS) is 10.9. The average Bonchev–Trinajstić information content (AvgIpc) is 2.57. The van der Waals surface area contributed by atoms with Gasteiger partial charge in [-0.25, -0.2) is 4.99 Å². The molecule has 23 heavy (non-hydrogen) atoms. The highest BCUT2D eigenvalue weighted by Gasteiger charge is 2.00. The molecule has 0 amide bonds. The Kier molecular flexibility index (Phi) is 6.19. The lowest BCUT2D eigenvalue weighted by Gasteiger charge is -2.11. The maximum atomic E-state index is 8.95. The van der Waals surface area contributed by atoms with Crippen molar-refractivity contribution >= 4 is 5.96 Å². The standard InChI is InChI=1S/C19H22N4/c1-3-21-19(22-13-17-8-4-6-15(2)10-17)23-14-18-9-5-7-16(11-18)12-20/h4-11H,3,13-14H2,1-2H3,(H2,21,22,23). The first kappa shape index (κ1) is 16.6. The van der Waals surface area contributed by atoms with Gasteiger partial charge in [0.15, 0.2) is 5.96 Å². The van der Waals surface area contributed by atoms with Crippen LogP contribution in [0.1, 0.15) is 29.2 Å². The van der Waals surface area contributed by atoms with Crippen LogP contribution < -0.4 is 10.6 Å². The van der Waals surface area contributed by atoms with Crippen molar-refractivity contribution in [1.29, 1.82) is 5.26 Å². The van der Waals surface area contributed by atoms with Gasteiger partial charge in [-0.3, -0.25) is 0 Å². The Balaban J connectivity index is 2.00. The summed E-state index contributed by atoms with van der Waals surface area (Å²) in [5.41, 5.74) is 4.16. The summed E-state index contributed by atoms with van der Waals surface area (Å²) in [6.07, 6.45) is 0. The molecule has 0 saturated heterocycles. The number of aryl methyl sites for hydroxylation is 1. The van der Waals surface area contributed by atoms with Gasteiger partial charge >= 0.3 is 0 Å². The lowest BCUT2D eigenvalue weighted by atomic mass is 10.1. The summed E-state index contributed by atoms with van der Waals surface area (Å²) in [6.45, 7) is 6.20. The third-order valence-corrected chi connectivity index (χ3v) is 3.36. The van der Waals surface area contributed by atoms with E-state index in [1.165, 1.54) is 11.1 Å². The van der Waals surface area contributed by atoms with E-state index in [2.05, 4.69) is 46.8 Å². The molecule has 0 heterocycles. The molecule has 4 nitrogen and oxygen atoms in total. The maximum Gasteiger partial charge on any atom is 0.191 e. The highest BCUT2D eigenvalue weighted by Crippen LogP contribution is 2.06. The van der Waals surface area contributed by atoms with Crippen molar-refractivity contribution in [3.8, 4) is 6.07 Å². The fraction of sp³-hybridized carbons (Fsp3) is 0.263. The van der Waals surface area contributed by atoms with E-state index in [9.17, 15) is 0 Å². The van der Waals surface area contributed by atoms with Crippen molar-refractivity contribution in [1.82, 2.24) is 10.6 Å². The summed E-state index contributed by atoms with van der Waals surface area (Å²) in [6, 6.07) is 18.1. The second-order valence-corrected chi connectivity index (χ2v) is 5.35. The number of nitrogens with zero attached hydrogens (tertiary/aromatic N) is 2. The van der Waals surface area contributed by atoms with E-state index in [1.807, 2.05) is 31.2 Å². The van der Waals surface area contributed by atoms with Crippen molar-refractivity contribution in [3.05, 3.63) is 70.8 Å². The van der Waals surface area contributed by atoms with E-state index < -0.39 is 0 Å². The Labute approximate surface area is 137 Å². The first-order valence-corrected chi connectivity index (χ1v) is 7.78. The van der Waals surface area contributed by atoms with Crippen molar-refractivity contribution in [2.24, 2.45) is 4.99 Å². The summed E-state index contributed by atoms with van der Waals surface area (Å²) in [4.78, 5) is 4.61. The molecule has 0 unspecified atom stereocenters. The summed E-state index contributed by atoms with van der Waals surface area (Å²) in [5.74, 6) is 0.774. The van der Waals surface area contributed by atoms with Crippen LogP contribution in [-0.4, -0.2) is 12.5 Å².